The van der Waals surface area contributed by atoms with Gasteiger partial charge in [-0.25, -0.2) is 0 Å². The van der Waals surface area contributed by atoms with Crippen molar-refractivity contribution in [2.75, 3.05) is 0 Å². The molecule has 3 nitrogen and oxygen atoms in total. The topological polar surface area (TPSA) is 57.5 Å². The summed E-state index contributed by atoms with van der Waals surface area (Å²) in [6, 6.07) is 9.18. The highest BCUT2D eigenvalue weighted by Gasteiger charge is 2.65. The molecule has 0 radical (unpaired) electrons. The highest BCUT2D eigenvalue weighted by Crippen LogP contribution is 2.67. The zero-order chi connectivity index (χ0) is 23.0. The second kappa shape index (κ2) is 7.42. The standard InChI is InChI=1S/C30H34O3/c1-3-27(32)30(33)15-14-26-24-12-10-21-16-22(31)11-13-23(21)28(24)25(17-29(26,30)2)20-8-6-19(7-9-20)18-4-5-18/h1,6-9,16,18,24-27,32-33H,4-5,10-15,17H2,2H3/t24-,25+,26-,27-,29-,30+/m0/s1. The number of hydrogen-bond acceptors (Lipinski definition) is 3. The van der Waals surface area contributed by atoms with Crippen molar-refractivity contribution in [1.29, 1.82) is 0 Å². The number of aliphatic hydroxyl groups is 2. The van der Waals surface area contributed by atoms with Gasteiger partial charge in [0.2, 0.25) is 0 Å². The molecule has 0 heterocycles. The van der Waals surface area contributed by atoms with Gasteiger partial charge in [-0.3, -0.25) is 4.79 Å². The largest absolute Gasteiger partial charge is 0.386 e. The third-order valence-electron chi connectivity index (χ3n) is 9.95. The Hall–Kier alpha value is -2.15. The number of ketones is 1. The molecule has 0 aliphatic heterocycles. The van der Waals surface area contributed by atoms with Gasteiger partial charge in [0.15, 0.2) is 5.78 Å². The summed E-state index contributed by atoms with van der Waals surface area (Å²) < 4.78 is 0. The van der Waals surface area contributed by atoms with Crippen LogP contribution in [-0.2, 0) is 4.79 Å². The van der Waals surface area contributed by atoms with Gasteiger partial charge < -0.3 is 10.2 Å². The fourth-order valence-electron chi connectivity index (χ4n) is 8.00. The Balaban J connectivity index is 1.49. The molecule has 0 bridgehead atoms. The highest BCUT2D eigenvalue weighted by atomic mass is 16.3. The van der Waals surface area contributed by atoms with Gasteiger partial charge in [-0.05, 0) is 97.5 Å². The minimum absolute atomic E-state index is 0.186. The molecule has 1 aromatic rings. The highest BCUT2D eigenvalue weighted by molar-refractivity contribution is 5.93. The van der Waals surface area contributed by atoms with Gasteiger partial charge in [-0.2, -0.15) is 0 Å². The molecular formula is C30H34O3. The molecule has 0 saturated heterocycles. The van der Waals surface area contributed by atoms with E-state index in [4.69, 9.17) is 6.42 Å². The molecule has 0 spiro atoms. The Kier molecular flexibility index (Phi) is 4.81. The summed E-state index contributed by atoms with van der Waals surface area (Å²) in [6.07, 6.45) is 14.6. The number of rotatable bonds is 3. The predicted octanol–water partition coefficient (Wildman–Crippen LogP) is 5.19. The maximum atomic E-state index is 12.2. The van der Waals surface area contributed by atoms with E-state index in [1.54, 1.807) is 0 Å². The van der Waals surface area contributed by atoms with Gasteiger partial charge in [0, 0.05) is 17.8 Å². The van der Waals surface area contributed by atoms with Crippen molar-refractivity contribution >= 4 is 5.78 Å². The number of terminal acetylenes is 1. The molecule has 2 N–H and O–H groups in total. The molecule has 0 unspecified atom stereocenters. The lowest BCUT2D eigenvalue weighted by Gasteiger charge is -2.55. The van der Waals surface area contributed by atoms with E-state index in [-0.39, 0.29) is 11.7 Å². The van der Waals surface area contributed by atoms with E-state index in [1.165, 1.54) is 40.7 Å². The Labute approximate surface area is 197 Å². The first-order valence-corrected chi connectivity index (χ1v) is 12.8. The molecular weight excluding hydrogens is 408 g/mol. The number of hydrogen-bond donors (Lipinski definition) is 2. The molecule has 0 amide bonds. The third kappa shape index (κ3) is 3.07. The van der Waals surface area contributed by atoms with Crippen LogP contribution in [0.5, 0.6) is 0 Å². The minimum atomic E-state index is -1.26. The molecule has 5 aliphatic carbocycles. The van der Waals surface area contributed by atoms with E-state index >= 15 is 0 Å². The number of aliphatic hydroxyl groups excluding tert-OH is 1. The van der Waals surface area contributed by atoms with Gasteiger partial charge in [0.25, 0.3) is 0 Å². The lowest BCUT2D eigenvalue weighted by molar-refractivity contribution is -0.142. The molecule has 3 fully saturated rings. The monoisotopic (exact) mass is 442 g/mol. The first-order chi connectivity index (χ1) is 15.9. The Morgan fingerprint density at radius 2 is 1.79 bits per heavy atom. The summed E-state index contributed by atoms with van der Waals surface area (Å²) in [4.78, 5) is 12.2. The first-order valence-electron chi connectivity index (χ1n) is 12.8. The lowest BCUT2D eigenvalue weighted by Crippen LogP contribution is -2.56. The van der Waals surface area contributed by atoms with Crippen molar-refractivity contribution in [2.24, 2.45) is 17.3 Å². The van der Waals surface area contributed by atoms with Crippen molar-refractivity contribution in [2.45, 2.75) is 88.3 Å². The van der Waals surface area contributed by atoms with E-state index in [2.05, 4.69) is 37.1 Å². The van der Waals surface area contributed by atoms with Crippen LogP contribution in [0, 0.1) is 29.6 Å². The van der Waals surface area contributed by atoms with Crippen molar-refractivity contribution in [3.63, 3.8) is 0 Å². The molecule has 172 valence electrons. The normalized spacial score (nSPS) is 38.7. The predicted molar refractivity (Wildman–Crippen MR) is 128 cm³/mol. The third-order valence-corrected chi connectivity index (χ3v) is 9.95. The molecule has 6 rings (SSSR count). The lowest BCUT2D eigenvalue weighted by atomic mass is 9.50. The van der Waals surface area contributed by atoms with E-state index in [9.17, 15) is 15.0 Å². The van der Waals surface area contributed by atoms with Crippen LogP contribution in [0.2, 0.25) is 0 Å². The number of benzene rings is 1. The Bertz CT molecular complexity index is 1100. The van der Waals surface area contributed by atoms with E-state index < -0.39 is 17.1 Å². The zero-order valence-electron chi connectivity index (χ0n) is 19.5. The summed E-state index contributed by atoms with van der Waals surface area (Å²) >= 11 is 0. The maximum absolute atomic E-state index is 12.2. The molecule has 3 heteroatoms. The van der Waals surface area contributed by atoms with Crippen LogP contribution in [0.4, 0.5) is 0 Å². The molecule has 6 atom stereocenters. The van der Waals surface area contributed by atoms with E-state index in [1.807, 2.05) is 6.08 Å². The zero-order valence-corrected chi connectivity index (χ0v) is 19.5. The average Bonchev–Trinajstić information content (AvgIpc) is 3.63. The van der Waals surface area contributed by atoms with Gasteiger partial charge in [0.1, 0.15) is 11.7 Å². The number of allylic oxidation sites excluding steroid dienone is 4. The van der Waals surface area contributed by atoms with E-state index in [0.717, 1.165) is 38.0 Å². The van der Waals surface area contributed by atoms with Crippen LogP contribution in [0.25, 0.3) is 0 Å². The molecule has 3 saturated carbocycles. The first kappa shape index (κ1) is 21.4. The summed E-state index contributed by atoms with van der Waals surface area (Å²) in [6.45, 7) is 2.17. The smallest absolute Gasteiger partial charge is 0.156 e. The van der Waals surface area contributed by atoms with E-state index in [0.29, 0.717) is 24.7 Å². The van der Waals surface area contributed by atoms with Crippen LogP contribution < -0.4 is 0 Å². The van der Waals surface area contributed by atoms with Crippen molar-refractivity contribution in [1.82, 2.24) is 0 Å². The number of fused-ring (bicyclic) bond motifs is 4. The van der Waals surface area contributed by atoms with Crippen LogP contribution in [0.3, 0.4) is 0 Å². The minimum Gasteiger partial charge on any atom is -0.386 e. The second-order valence-electron chi connectivity index (χ2n) is 11.5. The summed E-state index contributed by atoms with van der Waals surface area (Å²) in [5.41, 5.74) is 5.21. The van der Waals surface area contributed by atoms with Crippen molar-refractivity contribution in [3.8, 4) is 12.3 Å². The summed E-state index contributed by atoms with van der Waals surface area (Å²) in [5.74, 6) is 4.29. The van der Waals surface area contributed by atoms with Crippen LogP contribution in [0.1, 0.15) is 87.7 Å². The molecule has 5 aliphatic rings. The Morgan fingerprint density at radius 3 is 2.48 bits per heavy atom. The molecule has 0 aromatic heterocycles. The van der Waals surface area contributed by atoms with Crippen LogP contribution in [-0.4, -0.2) is 27.7 Å². The van der Waals surface area contributed by atoms with Crippen molar-refractivity contribution in [3.05, 3.63) is 58.2 Å². The Morgan fingerprint density at radius 1 is 1.06 bits per heavy atom. The SMILES string of the molecule is C#C[C@H](O)[C@]1(O)CC[C@H]2[C@@H]3CCC4=CC(=O)CCC4=C3[C@@H](c3ccc(C4CC4)cc3)C[C@@]21C. The van der Waals surface area contributed by atoms with Gasteiger partial charge in [-0.15, -0.1) is 6.42 Å². The van der Waals surface area contributed by atoms with Gasteiger partial charge in [0.05, 0.1) is 0 Å². The number of carbonyl (C=O) groups excluding carboxylic acids is 1. The van der Waals surface area contributed by atoms with Crippen LogP contribution >= 0.6 is 0 Å². The summed E-state index contributed by atoms with van der Waals surface area (Å²) in [7, 11) is 0. The quantitative estimate of drug-likeness (QED) is 0.634. The summed E-state index contributed by atoms with van der Waals surface area (Å²) in [5, 5.41) is 22.5. The van der Waals surface area contributed by atoms with Gasteiger partial charge in [-0.1, -0.05) is 42.7 Å². The fourth-order valence-corrected chi connectivity index (χ4v) is 8.00. The molecule has 33 heavy (non-hydrogen) atoms. The van der Waals surface area contributed by atoms with Gasteiger partial charge >= 0.3 is 0 Å². The molecule has 1 aromatic carbocycles. The van der Waals surface area contributed by atoms with Crippen LogP contribution in [0.15, 0.2) is 47.1 Å². The number of carbonyl (C=O) groups is 1. The fraction of sp³-hybridized carbons (Fsp3) is 0.567. The average molecular weight is 443 g/mol. The van der Waals surface area contributed by atoms with Crippen molar-refractivity contribution < 1.29 is 15.0 Å². The second-order valence-corrected chi connectivity index (χ2v) is 11.5. The maximum Gasteiger partial charge on any atom is 0.156 e.